The van der Waals surface area contributed by atoms with Crippen molar-refractivity contribution in [3.05, 3.63) is 12.5 Å². The van der Waals surface area contributed by atoms with E-state index in [4.69, 9.17) is 16.2 Å². The van der Waals surface area contributed by atoms with Crippen LogP contribution in [0.2, 0.25) is 0 Å². The number of alkyl halides is 1. The molecule has 1 saturated heterocycles. The summed E-state index contributed by atoms with van der Waals surface area (Å²) in [6, 6.07) is 0. The Kier molecular flexibility index (Phi) is 4.10. The first-order valence-electron chi connectivity index (χ1n) is 7.20. The zero-order valence-electron chi connectivity index (χ0n) is 12.8. The summed E-state index contributed by atoms with van der Waals surface area (Å²) in [7, 11) is 0. The first-order chi connectivity index (χ1) is 11.4. The molecule has 6 N–H and O–H groups in total. The number of hydrogen-bond donors (Lipinski definition) is 4. The van der Waals surface area contributed by atoms with Crippen molar-refractivity contribution in [3.8, 4) is 11.8 Å². The molecule has 0 spiro atoms. The molecule has 0 saturated carbocycles. The summed E-state index contributed by atoms with van der Waals surface area (Å²) in [6.07, 6.45) is -1.61. The largest absolute Gasteiger partial charge is 0.391 e. The van der Waals surface area contributed by atoms with Gasteiger partial charge in [-0.1, -0.05) is 11.8 Å². The minimum absolute atomic E-state index is 0.0207. The second-order valence-electron chi connectivity index (χ2n) is 5.60. The number of rotatable bonds is 2. The lowest BCUT2D eigenvalue weighted by atomic mass is 9.90. The first-order valence-corrected chi connectivity index (χ1v) is 7.20. The zero-order valence-corrected chi connectivity index (χ0v) is 12.8. The van der Waals surface area contributed by atoms with Crippen LogP contribution in [0.25, 0.3) is 11.2 Å². The van der Waals surface area contributed by atoms with E-state index in [1.807, 2.05) is 0 Å². The van der Waals surface area contributed by atoms with Gasteiger partial charge in [0.25, 0.3) is 0 Å². The predicted octanol–water partition coefficient (Wildman–Crippen LogP) is -1.28. The van der Waals surface area contributed by atoms with Gasteiger partial charge in [0.15, 0.2) is 17.4 Å². The third kappa shape index (κ3) is 2.47. The highest BCUT2D eigenvalue weighted by atomic mass is 19.1. The molecule has 2 aromatic heterocycles. The SMILES string of the molecule is C[C@@H](O)[C@H]1O[C@@H](n2cnc3cnc(N)nc32)[C@@](N)(C#CCF)C1O. The van der Waals surface area contributed by atoms with E-state index >= 15 is 0 Å². The quantitative estimate of drug-likeness (QED) is 0.496. The number of aromatic nitrogens is 4. The fraction of sp³-hybridized carbons (Fsp3) is 0.500. The van der Waals surface area contributed by atoms with Crippen LogP contribution in [0, 0.1) is 11.8 Å². The number of nitrogen functional groups attached to an aromatic ring is 1. The second kappa shape index (κ2) is 5.95. The Morgan fingerprint density at radius 1 is 1.54 bits per heavy atom. The van der Waals surface area contributed by atoms with E-state index in [0.717, 1.165) is 0 Å². The molecule has 5 atom stereocenters. The van der Waals surface area contributed by atoms with Crippen molar-refractivity contribution in [1.29, 1.82) is 0 Å². The summed E-state index contributed by atoms with van der Waals surface area (Å²) in [4.78, 5) is 12.1. The van der Waals surface area contributed by atoms with Gasteiger partial charge in [-0.25, -0.2) is 14.4 Å². The molecular weight excluding hydrogens is 319 g/mol. The molecule has 0 aromatic carbocycles. The molecule has 0 aliphatic carbocycles. The van der Waals surface area contributed by atoms with Crippen LogP contribution >= 0.6 is 0 Å². The Bertz CT molecular complexity index is 816. The highest BCUT2D eigenvalue weighted by Gasteiger charge is 2.55. The van der Waals surface area contributed by atoms with Gasteiger partial charge in [0.1, 0.15) is 24.4 Å². The molecule has 2 aromatic rings. The molecule has 0 bridgehead atoms. The fourth-order valence-electron chi connectivity index (χ4n) is 2.76. The Hall–Kier alpha value is -2.32. The molecule has 3 heterocycles. The number of anilines is 1. The summed E-state index contributed by atoms with van der Waals surface area (Å²) >= 11 is 0. The fourth-order valence-corrected chi connectivity index (χ4v) is 2.76. The first kappa shape index (κ1) is 16.5. The summed E-state index contributed by atoms with van der Waals surface area (Å²) in [6.45, 7) is 0.517. The minimum atomic E-state index is -1.67. The Morgan fingerprint density at radius 3 is 2.96 bits per heavy atom. The van der Waals surface area contributed by atoms with Crippen molar-refractivity contribution in [2.75, 3.05) is 12.4 Å². The number of halogens is 1. The highest BCUT2D eigenvalue weighted by Crippen LogP contribution is 2.38. The Balaban J connectivity index is 2.13. The molecule has 10 heteroatoms. The van der Waals surface area contributed by atoms with Crippen LogP contribution in [0.15, 0.2) is 12.5 Å². The van der Waals surface area contributed by atoms with E-state index in [-0.39, 0.29) is 5.95 Å². The van der Waals surface area contributed by atoms with Crippen LogP contribution in [-0.4, -0.2) is 60.3 Å². The van der Waals surface area contributed by atoms with E-state index < -0.39 is 36.8 Å². The van der Waals surface area contributed by atoms with E-state index in [1.54, 1.807) is 0 Å². The number of ether oxygens (including phenoxy) is 1. The Labute approximate surface area is 136 Å². The summed E-state index contributed by atoms with van der Waals surface area (Å²) < 4.78 is 19.7. The van der Waals surface area contributed by atoms with Crippen LogP contribution in [0.4, 0.5) is 10.3 Å². The van der Waals surface area contributed by atoms with Gasteiger partial charge < -0.3 is 26.4 Å². The van der Waals surface area contributed by atoms with E-state index in [2.05, 4.69) is 26.8 Å². The van der Waals surface area contributed by atoms with Crippen molar-refractivity contribution in [3.63, 3.8) is 0 Å². The maximum absolute atomic E-state index is 12.5. The van der Waals surface area contributed by atoms with Crippen LogP contribution in [0.3, 0.4) is 0 Å². The maximum Gasteiger partial charge on any atom is 0.222 e. The van der Waals surface area contributed by atoms with E-state index in [9.17, 15) is 14.6 Å². The number of aliphatic hydroxyl groups excluding tert-OH is 2. The molecule has 3 rings (SSSR count). The number of fused-ring (bicyclic) bond motifs is 1. The lowest BCUT2D eigenvalue weighted by Crippen LogP contribution is -2.54. The molecule has 1 aliphatic rings. The molecule has 0 amide bonds. The van der Waals surface area contributed by atoms with Crippen molar-refractivity contribution < 1.29 is 19.3 Å². The van der Waals surface area contributed by atoms with Crippen molar-refractivity contribution in [2.24, 2.45) is 5.73 Å². The number of aliphatic hydroxyl groups is 2. The molecule has 9 nitrogen and oxygen atoms in total. The van der Waals surface area contributed by atoms with Crippen molar-refractivity contribution in [2.45, 2.75) is 37.0 Å². The molecule has 1 aliphatic heterocycles. The van der Waals surface area contributed by atoms with Crippen LogP contribution in [0.1, 0.15) is 13.2 Å². The monoisotopic (exact) mass is 336 g/mol. The molecule has 128 valence electrons. The van der Waals surface area contributed by atoms with Gasteiger partial charge in [-0.2, -0.15) is 4.98 Å². The van der Waals surface area contributed by atoms with Crippen molar-refractivity contribution in [1.82, 2.24) is 19.5 Å². The molecular formula is C14H17FN6O3. The van der Waals surface area contributed by atoms with Crippen LogP contribution in [-0.2, 0) is 4.74 Å². The summed E-state index contributed by atoms with van der Waals surface area (Å²) in [5.74, 6) is 4.74. The number of hydrogen-bond acceptors (Lipinski definition) is 8. The lowest BCUT2D eigenvalue weighted by Gasteiger charge is -2.27. The van der Waals surface area contributed by atoms with Crippen molar-refractivity contribution >= 4 is 17.1 Å². The maximum atomic E-state index is 12.5. The number of imidazole rings is 1. The third-order valence-corrected chi connectivity index (χ3v) is 3.93. The topological polar surface area (TPSA) is 145 Å². The number of nitrogens with zero attached hydrogens (tertiary/aromatic N) is 4. The van der Waals surface area contributed by atoms with Gasteiger partial charge in [0.2, 0.25) is 5.95 Å². The van der Waals surface area contributed by atoms with Gasteiger partial charge in [-0.15, -0.1) is 0 Å². The highest BCUT2D eigenvalue weighted by molar-refractivity contribution is 5.70. The van der Waals surface area contributed by atoms with Crippen LogP contribution in [0.5, 0.6) is 0 Å². The summed E-state index contributed by atoms with van der Waals surface area (Å²) in [5, 5.41) is 20.3. The predicted molar refractivity (Wildman–Crippen MR) is 82.0 cm³/mol. The average molecular weight is 336 g/mol. The number of nitrogens with two attached hydrogens (primary N) is 2. The van der Waals surface area contributed by atoms with Crippen LogP contribution < -0.4 is 11.5 Å². The third-order valence-electron chi connectivity index (χ3n) is 3.93. The molecule has 1 unspecified atom stereocenters. The molecule has 1 fully saturated rings. The minimum Gasteiger partial charge on any atom is -0.391 e. The lowest BCUT2D eigenvalue weighted by molar-refractivity contribution is -0.0756. The smallest absolute Gasteiger partial charge is 0.222 e. The van der Waals surface area contributed by atoms with Gasteiger partial charge >= 0.3 is 0 Å². The Morgan fingerprint density at radius 2 is 2.29 bits per heavy atom. The van der Waals surface area contributed by atoms with Gasteiger partial charge in [0.05, 0.1) is 18.6 Å². The summed E-state index contributed by atoms with van der Waals surface area (Å²) in [5.41, 5.74) is 10.9. The van der Waals surface area contributed by atoms with Gasteiger partial charge in [-0.3, -0.25) is 4.57 Å². The second-order valence-corrected chi connectivity index (χ2v) is 5.60. The van der Waals surface area contributed by atoms with E-state index in [0.29, 0.717) is 11.2 Å². The normalized spacial score (nSPS) is 31.0. The molecule has 24 heavy (non-hydrogen) atoms. The van der Waals surface area contributed by atoms with Gasteiger partial charge in [-0.05, 0) is 6.92 Å². The van der Waals surface area contributed by atoms with E-state index in [1.165, 1.54) is 24.0 Å². The standard InChI is InChI=1S/C14H17FN6O3/c1-7(22)9-10(23)14(17,3-2-4-15)12(24-9)21-6-19-8-5-18-13(16)20-11(8)21/h5-7,9-10,12,22-23H,4,17H2,1H3,(H2,16,18,20)/t7-,9-,10?,12-,14-/m1/s1. The zero-order chi connectivity index (χ0) is 17.5. The molecule has 0 radical (unpaired) electrons. The van der Waals surface area contributed by atoms with Gasteiger partial charge in [0, 0.05) is 0 Å². The average Bonchev–Trinajstić information content (AvgIpc) is 3.05.